The van der Waals surface area contributed by atoms with Gasteiger partial charge in [0, 0.05) is 6.42 Å². The van der Waals surface area contributed by atoms with Crippen LogP contribution in [0.2, 0.25) is 0 Å². The molecule has 0 spiro atoms. The minimum Gasteiger partial charge on any atom is -0.460 e. The highest BCUT2D eigenvalue weighted by Gasteiger charge is 2.15. The summed E-state index contributed by atoms with van der Waals surface area (Å²) in [6.07, 6.45) is 12.6. The lowest BCUT2D eigenvalue weighted by atomic mass is 9.99. The van der Waals surface area contributed by atoms with E-state index in [1.807, 2.05) is 6.92 Å². The summed E-state index contributed by atoms with van der Waals surface area (Å²) in [4.78, 5) is 11.6. The first-order chi connectivity index (χ1) is 13.0. The van der Waals surface area contributed by atoms with Crippen LogP contribution in [0.15, 0.2) is 0 Å². The van der Waals surface area contributed by atoms with E-state index in [2.05, 4.69) is 6.92 Å². The van der Waals surface area contributed by atoms with Gasteiger partial charge in [0.1, 0.15) is 6.10 Å². The second-order valence-electron chi connectivity index (χ2n) is 7.70. The average Bonchev–Trinajstić information content (AvgIpc) is 2.67. The predicted octanol–water partition coefficient (Wildman–Crippen LogP) is 4.50. The summed E-state index contributed by atoms with van der Waals surface area (Å²) in [5.74, 6) is -0.232. The van der Waals surface area contributed by atoms with E-state index in [4.69, 9.17) is 9.84 Å². The monoisotopic (exact) mass is 388 g/mol. The zero-order valence-electron chi connectivity index (χ0n) is 17.7. The molecule has 0 heterocycles. The number of ether oxygens (including phenoxy) is 1. The quantitative estimate of drug-likeness (QED) is 0.224. The Balaban J connectivity index is 3.51. The Bertz CT molecular complexity index is 331. The molecule has 27 heavy (non-hydrogen) atoms. The Hall–Kier alpha value is -0.650. The molecule has 0 aliphatic heterocycles. The third-order valence-corrected chi connectivity index (χ3v) is 5.14. The molecule has 0 radical (unpaired) electrons. The normalized spacial score (nSPS) is 14.7. The van der Waals surface area contributed by atoms with Crippen molar-refractivity contribution in [3.63, 3.8) is 0 Å². The van der Waals surface area contributed by atoms with Gasteiger partial charge in [-0.1, -0.05) is 78.1 Å². The molecular weight excluding hydrogens is 344 g/mol. The van der Waals surface area contributed by atoms with Gasteiger partial charge in [0.25, 0.3) is 0 Å². The summed E-state index contributed by atoms with van der Waals surface area (Å²) in [5, 5.41) is 29.1. The van der Waals surface area contributed by atoms with Crippen LogP contribution in [0.25, 0.3) is 0 Å². The van der Waals surface area contributed by atoms with Crippen LogP contribution >= 0.6 is 0 Å². The van der Waals surface area contributed by atoms with Crippen molar-refractivity contribution in [2.24, 2.45) is 0 Å². The summed E-state index contributed by atoms with van der Waals surface area (Å²) in [6.45, 7) is 3.97. The van der Waals surface area contributed by atoms with Gasteiger partial charge in [0.15, 0.2) is 0 Å². The maximum atomic E-state index is 11.6. The summed E-state index contributed by atoms with van der Waals surface area (Å²) >= 11 is 0. The van der Waals surface area contributed by atoms with E-state index in [-0.39, 0.29) is 18.7 Å². The molecule has 0 aromatic heterocycles. The van der Waals surface area contributed by atoms with Gasteiger partial charge in [-0.2, -0.15) is 0 Å². The van der Waals surface area contributed by atoms with Gasteiger partial charge in [-0.3, -0.25) is 4.79 Å². The van der Waals surface area contributed by atoms with E-state index in [9.17, 15) is 15.0 Å². The molecule has 5 heteroatoms. The molecular formula is C22H44O5. The zero-order chi connectivity index (χ0) is 20.3. The third kappa shape index (κ3) is 16.0. The zero-order valence-corrected chi connectivity index (χ0v) is 17.7. The van der Waals surface area contributed by atoms with Crippen molar-refractivity contribution in [2.45, 2.75) is 128 Å². The fourth-order valence-corrected chi connectivity index (χ4v) is 3.17. The van der Waals surface area contributed by atoms with E-state index < -0.39 is 12.2 Å². The van der Waals surface area contributed by atoms with Crippen molar-refractivity contribution in [3.8, 4) is 0 Å². The van der Waals surface area contributed by atoms with Crippen LogP contribution in [-0.2, 0) is 9.53 Å². The van der Waals surface area contributed by atoms with E-state index in [0.29, 0.717) is 25.7 Å². The van der Waals surface area contributed by atoms with Crippen LogP contribution in [0.5, 0.6) is 0 Å². The van der Waals surface area contributed by atoms with E-state index in [1.54, 1.807) is 0 Å². The number of carbonyl (C=O) groups is 1. The highest BCUT2D eigenvalue weighted by atomic mass is 16.5. The lowest BCUT2D eigenvalue weighted by Crippen LogP contribution is -2.25. The lowest BCUT2D eigenvalue weighted by Gasteiger charge is -2.17. The highest BCUT2D eigenvalue weighted by Crippen LogP contribution is 2.15. The first kappa shape index (κ1) is 26.4. The topological polar surface area (TPSA) is 87.0 Å². The van der Waals surface area contributed by atoms with Crippen LogP contribution in [0.4, 0.5) is 0 Å². The number of unbranched alkanes of at least 4 members (excludes halogenated alkanes) is 9. The second kappa shape index (κ2) is 18.7. The van der Waals surface area contributed by atoms with Crippen LogP contribution in [0, 0.1) is 0 Å². The molecule has 3 unspecified atom stereocenters. The molecule has 162 valence electrons. The Labute approximate surface area is 166 Å². The molecule has 0 rings (SSSR count). The van der Waals surface area contributed by atoms with Crippen LogP contribution in [0.1, 0.15) is 110 Å². The predicted molar refractivity (Wildman–Crippen MR) is 110 cm³/mol. The summed E-state index contributed by atoms with van der Waals surface area (Å²) in [7, 11) is 0. The van der Waals surface area contributed by atoms with Gasteiger partial charge in [0.05, 0.1) is 18.8 Å². The fourth-order valence-electron chi connectivity index (χ4n) is 3.17. The number of hydrogen-bond donors (Lipinski definition) is 3. The Morgan fingerprint density at radius 2 is 1.26 bits per heavy atom. The van der Waals surface area contributed by atoms with Crippen molar-refractivity contribution in [2.75, 3.05) is 6.61 Å². The first-order valence-electron chi connectivity index (χ1n) is 11.2. The van der Waals surface area contributed by atoms with Gasteiger partial charge in [-0.15, -0.1) is 0 Å². The molecule has 0 aliphatic carbocycles. The molecule has 0 amide bonds. The summed E-state index contributed by atoms with van der Waals surface area (Å²) < 4.78 is 5.14. The molecule has 0 saturated carbocycles. The Morgan fingerprint density at radius 1 is 0.778 bits per heavy atom. The fraction of sp³-hybridized carbons (Fsp3) is 0.955. The second-order valence-corrected chi connectivity index (χ2v) is 7.70. The number of aliphatic hydroxyl groups excluding tert-OH is 3. The molecule has 3 N–H and O–H groups in total. The molecule has 0 fully saturated rings. The van der Waals surface area contributed by atoms with E-state index in [0.717, 1.165) is 44.9 Å². The van der Waals surface area contributed by atoms with Crippen molar-refractivity contribution in [3.05, 3.63) is 0 Å². The summed E-state index contributed by atoms with van der Waals surface area (Å²) in [5.41, 5.74) is 0. The maximum absolute atomic E-state index is 11.6. The SMILES string of the molecule is CCCCCCCCC(O)C(O)CCCCCCCC(=O)OC(CC)CO. The molecule has 0 aliphatic rings. The van der Waals surface area contributed by atoms with Crippen LogP contribution in [0.3, 0.4) is 0 Å². The summed E-state index contributed by atoms with van der Waals surface area (Å²) in [6, 6.07) is 0. The van der Waals surface area contributed by atoms with Crippen LogP contribution < -0.4 is 0 Å². The molecule has 5 nitrogen and oxygen atoms in total. The van der Waals surface area contributed by atoms with Crippen molar-refractivity contribution in [1.29, 1.82) is 0 Å². The van der Waals surface area contributed by atoms with Crippen molar-refractivity contribution < 1.29 is 24.9 Å². The molecule has 3 atom stereocenters. The van der Waals surface area contributed by atoms with Gasteiger partial charge < -0.3 is 20.1 Å². The molecule has 0 aromatic rings. The first-order valence-corrected chi connectivity index (χ1v) is 11.2. The minimum absolute atomic E-state index is 0.116. The van der Waals surface area contributed by atoms with Crippen LogP contribution in [-0.4, -0.2) is 46.2 Å². The average molecular weight is 389 g/mol. The minimum atomic E-state index is -0.611. The number of esters is 1. The number of aliphatic hydroxyl groups is 3. The largest absolute Gasteiger partial charge is 0.460 e. The van der Waals surface area contributed by atoms with Gasteiger partial charge in [-0.25, -0.2) is 0 Å². The van der Waals surface area contributed by atoms with Gasteiger partial charge in [0.2, 0.25) is 0 Å². The van der Waals surface area contributed by atoms with Crippen molar-refractivity contribution >= 4 is 5.97 Å². The molecule has 0 aromatic carbocycles. The lowest BCUT2D eigenvalue weighted by molar-refractivity contribution is -0.151. The van der Waals surface area contributed by atoms with Gasteiger partial charge in [-0.05, 0) is 25.7 Å². The van der Waals surface area contributed by atoms with Gasteiger partial charge >= 0.3 is 5.97 Å². The number of carbonyl (C=O) groups excluding carboxylic acids is 1. The Morgan fingerprint density at radius 3 is 1.74 bits per heavy atom. The maximum Gasteiger partial charge on any atom is 0.306 e. The Kier molecular flexibility index (Phi) is 18.3. The highest BCUT2D eigenvalue weighted by molar-refractivity contribution is 5.69. The van der Waals surface area contributed by atoms with E-state index in [1.165, 1.54) is 25.7 Å². The van der Waals surface area contributed by atoms with E-state index >= 15 is 0 Å². The number of hydrogen-bond acceptors (Lipinski definition) is 5. The molecule has 0 bridgehead atoms. The van der Waals surface area contributed by atoms with Crippen molar-refractivity contribution in [1.82, 2.24) is 0 Å². The smallest absolute Gasteiger partial charge is 0.306 e. The standard InChI is InChI=1S/C22H44O5/c1-3-5-6-7-9-12-15-20(24)21(25)16-13-10-8-11-14-17-22(26)27-19(4-2)18-23/h19-21,23-25H,3-18H2,1-2H3. The molecule has 0 saturated heterocycles. The third-order valence-electron chi connectivity index (χ3n) is 5.14. The number of rotatable bonds is 19.